The molecule has 1 aromatic heterocycles. The van der Waals surface area contributed by atoms with E-state index in [1.807, 2.05) is 0 Å². The molecule has 1 N–H and O–H groups in total. The molecule has 2 aromatic rings. The zero-order valence-electron chi connectivity index (χ0n) is 10.9. The maximum Gasteiger partial charge on any atom is 0.309 e. The molecule has 2 rings (SSSR count). The van der Waals surface area contributed by atoms with Gasteiger partial charge in [0, 0.05) is 17.5 Å². The highest BCUT2D eigenvalue weighted by Gasteiger charge is 2.23. The SMILES string of the molecule is CN(c1nc(CC(=O)O)cs1)S(=O)(=O)c1ccc(Cl)cc1. The van der Waals surface area contributed by atoms with Crippen molar-refractivity contribution >= 4 is 44.1 Å². The van der Waals surface area contributed by atoms with Gasteiger partial charge in [-0.2, -0.15) is 0 Å². The average molecular weight is 347 g/mol. The first-order valence-electron chi connectivity index (χ1n) is 5.71. The second-order valence-corrected chi connectivity index (χ2v) is 7.36. The second kappa shape index (κ2) is 6.00. The first-order valence-corrected chi connectivity index (χ1v) is 8.41. The molecular weight excluding hydrogens is 336 g/mol. The Balaban J connectivity index is 2.29. The molecule has 0 spiro atoms. The topological polar surface area (TPSA) is 87.6 Å². The summed E-state index contributed by atoms with van der Waals surface area (Å²) in [7, 11) is -2.38. The number of hydrogen-bond acceptors (Lipinski definition) is 5. The summed E-state index contributed by atoms with van der Waals surface area (Å²) in [6, 6.07) is 5.78. The molecule has 0 aliphatic heterocycles. The molecule has 1 aromatic carbocycles. The van der Waals surface area contributed by atoms with Crippen LogP contribution in [-0.2, 0) is 21.2 Å². The largest absolute Gasteiger partial charge is 0.481 e. The molecule has 0 atom stereocenters. The zero-order valence-corrected chi connectivity index (χ0v) is 13.2. The number of hydrogen-bond donors (Lipinski definition) is 1. The van der Waals surface area contributed by atoms with Crippen LogP contribution in [-0.4, -0.2) is 31.5 Å². The molecule has 0 aliphatic carbocycles. The molecule has 0 amide bonds. The fourth-order valence-electron chi connectivity index (χ4n) is 1.54. The Hall–Kier alpha value is -1.64. The fourth-order valence-corrected chi connectivity index (χ4v) is 3.83. The van der Waals surface area contributed by atoms with E-state index in [0.29, 0.717) is 10.7 Å². The van der Waals surface area contributed by atoms with Gasteiger partial charge < -0.3 is 5.11 Å². The summed E-state index contributed by atoms with van der Waals surface area (Å²) in [4.78, 5) is 14.7. The van der Waals surface area contributed by atoms with Crippen molar-refractivity contribution < 1.29 is 18.3 Å². The highest BCUT2D eigenvalue weighted by molar-refractivity contribution is 7.93. The van der Waals surface area contributed by atoms with Gasteiger partial charge in [0.05, 0.1) is 17.0 Å². The maximum absolute atomic E-state index is 12.4. The predicted octanol–water partition coefficient (Wildman–Crippen LogP) is 2.25. The zero-order chi connectivity index (χ0) is 15.6. The van der Waals surface area contributed by atoms with Crippen molar-refractivity contribution in [3.63, 3.8) is 0 Å². The molecule has 9 heteroatoms. The van der Waals surface area contributed by atoms with E-state index < -0.39 is 16.0 Å². The number of aliphatic carboxylic acids is 1. The minimum absolute atomic E-state index is 0.0874. The number of thiazole rings is 1. The van der Waals surface area contributed by atoms with Crippen LogP contribution < -0.4 is 4.31 Å². The lowest BCUT2D eigenvalue weighted by Crippen LogP contribution is -2.26. The van der Waals surface area contributed by atoms with Crippen molar-refractivity contribution in [2.75, 3.05) is 11.4 Å². The Morgan fingerprint density at radius 2 is 2.00 bits per heavy atom. The molecule has 6 nitrogen and oxygen atoms in total. The Morgan fingerprint density at radius 1 is 1.38 bits per heavy atom. The average Bonchev–Trinajstić information content (AvgIpc) is 2.85. The molecule has 0 aliphatic rings. The minimum Gasteiger partial charge on any atom is -0.481 e. The number of carbonyl (C=O) groups is 1. The Labute approximate surface area is 130 Å². The van der Waals surface area contributed by atoms with Crippen LogP contribution in [0.2, 0.25) is 5.02 Å². The van der Waals surface area contributed by atoms with Crippen LogP contribution in [0.15, 0.2) is 34.5 Å². The Bertz CT molecular complexity index is 756. The van der Waals surface area contributed by atoms with E-state index in [0.717, 1.165) is 15.6 Å². The van der Waals surface area contributed by atoms with E-state index >= 15 is 0 Å². The quantitative estimate of drug-likeness (QED) is 0.897. The summed E-state index contributed by atoms with van der Waals surface area (Å²) >= 11 is 6.81. The summed E-state index contributed by atoms with van der Waals surface area (Å²) in [6.07, 6.45) is -0.245. The minimum atomic E-state index is -3.75. The summed E-state index contributed by atoms with van der Waals surface area (Å²) in [5.74, 6) is -1.02. The predicted molar refractivity (Wildman–Crippen MR) is 80.5 cm³/mol. The third kappa shape index (κ3) is 3.52. The molecule has 0 fully saturated rings. The van der Waals surface area contributed by atoms with Crippen LogP contribution >= 0.6 is 22.9 Å². The van der Waals surface area contributed by atoms with E-state index in [9.17, 15) is 13.2 Å². The summed E-state index contributed by atoms with van der Waals surface area (Å²) < 4.78 is 25.8. The van der Waals surface area contributed by atoms with Crippen LogP contribution in [0.5, 0.6) is 0 Å². The number of nitrogens with zero attached hydrogens (tertiary/aromatic N) is 2. The third-order valence-corrected chi connectivity index (χ3v) is 5.71. The molecule has 0 bridgehead atoms. The Kier molecular flexibility index (Phi) is 4.50. The molecule has 0 unspecified atom stereocenters. The summed E-state index contributed by atoms with van der Waals surface area (Å²) in [6.45, 7) is 0. The molecule has 0 saturated carbocycles. The molecule has 0 saturated heterocycles. The fraction of sp³-hybridized carbons (Fsp3) is 0.167. The van der Waals surface area contributed by atoms with Gasteiger partial charge >= 0.3 is 5.97 Å². The van der Waals surface area contributed by atoms with E-state index in [-0.39, 0.29) is 16.4 Å². The van der Waals surface area contributed by atoms with Gasteiger partial charge in [-0.05, 0) is 24.3 Å². The second-order valence-electron chi connectivity index (χ2n) is 4.12. The van der Waals surface area contributed by atoms with E-state index in [1.54, 1.807) is 0 Å². The smallest absolute Gasteiger partial charge is 0.309 e. The lowest BCUT2D eigenvalue weighted by Gasteiger charge is -2.16. The number of aromatic nitrogens is 1. The van der Waals surface area contributed by atoms with Crippen molar-refractivity contribution in [2.45, 2.75) is 11.3 Å². The van der Waals surface area contributed by atoms with Crippen LogP contribution in [0.25, 0.3) is 0 Å². The van der Waals surface area contributed by atoms with Crippen LogP contribution in [0.3, 0.4) is 0 Å². The number of carboxylic acid groups (broad SMARTS) is 1. The monoisotopic (exact) mass is 346 g/mol. The van der Waals surface area contributed by atoms with Crippen LogP contribution in [0, 0.1) is 0 Å². The highest BCUT2D eigenvalue weighted by atomic mass is 35.5. The molecule has 21 heavy (non-hydrogen) atoms. The third-order valence-electron chi connectivity index (χ3n) is 2.61. The van der Waals surface area contributed by atoms with Crippen LogP contribution in [0.1, 0.15) is 5.69 Å². The number of sulfonamides is 1. The van der Waals surface area contributed by atoms with E-state index in [4.69, 9.17) is 16.7 Å². The number of rotatable bonds is 5. The van der Waals surface area contributed by atoms with Crippen molar-refractivity contribution in [2.24, 2.45) is 0 Å². The van der Waals surface area contributed by atoms with Gasteiger partial charge in [0.25, 0.3) is 10.0 Å². The van der Waals surface area contributed by atoms with Crippen molar-refractivity contribution in [3.05, 3.63) is 40.4 Å². The van der Waals surface area contributed by atoms with Gasteiger partial charge in [0.2, 0.25) is 0 Å². The van der Waals surface area contributed by atoms with Crippen molar-refractivity contribution in [1.82, 2.24) is 4.98 Å². The van der Waals surface area contributed by atoms with Crippen molar-refractivity contribution in [1.29, 1.82) is 0 Å². The summed E-state index contributed by atoms with van der Waals surface area (Å²) in [5.41, 5.74) is 0.320. The first-order chi connectivity index (χ1) is 9.80. The van der Waals surface area contributed by atoms with Gasteiger partial charge in [0.1, 0.15) is 0 Å². The number of benzene rings is 1. The lowest BCUT2D eigenvalue weighted by atomic mass is 10.3. The maximum atomic E-state index is 12.4. The standard InChI is InChI=1S/C12H11ClN2O4S2/c1-15(12-14-9(7-20-12)6-11(16)17)21(18,19)10-4-2-8(13)3-5-10/h2-5,7H,6H2,1H3,(H,16,17). The van der Waals surface area contributed by atoms with Gasteiger partial charge in [0.15, 0.2) is 5.13 Å². The highest BCUT2D eigenvalue weighted by Crippen LogP contribution is 2.26. The molecule has 0 radical (unpaired) electrons. The summed E-state index contributed by atoms with van der Waals surface area (Å²) in [5, 5.41) is 10.9. The normalized spacial score (nSPS) is 11.3. The molecular formula is C12H11ClN2O4S2. The van der Waals surface area contributed by atoms with Gasteiger partial charge in [-0.15, -0.1) is 11.3 Å². The number of carboxylic acids is 1. The lowest BCUT2D eigenvalue weighted by molar-refractivity contribution is -0.136. The number of anilines is 1. The van der Waals surface area contributed by atoms with Crippen molar-refractivity contribution in [3.8, 4) is 0 Å². The van der Waals surface area contributed by atoms with Gasteiger partial charge in [-0.1, -0.05) is 11.6 Å². The number of halogens is 1. The van der Waals surface area contributed by atoms with Crippen LogP contribution in [0.4, 0.5) is 5.13 Å². The first kappa shape index (κ1) is 15.7. The molecule has 112 valence electrons. The Morgan fingerprint density at radius 3 is 2.57 bits per heavy atom. The van der Waals surface area contributed by atoms with E-state index in [1.165, 1.54) is 36.7 Å². The molecule has 1 heterocycles. The van der Waals surface area contributed by atoms with Gasteiger partial charge in [-0.3, -0.25) is 4.79 Å². The van der Waals surface area contributed by atoms with Gasteiger partial charge in [-0.25, -0.2) is 17.7 Å². The van der Waals surface area contributed by atoms with E-state index in [2.05, 4.69) is 4.98 Å².